The summed E-state index contributed by atoms with van der Waals surface area (Å²) >= 11 is 5.81. The van der Waals surface area contributed by atoms with E-state index in [1.54, 1.807) is 6.20 Å². The Morgan fingerprint density at radius 1 is 1.19 bits per heavy atom. The molecule has 0 atom stereocenters. The third kappa shape index (κ3) is 2.75. The van der Waals surface area contributed by atoms with E-state index in [9.17, 15) is 10.1 Å². The summed E-state index contributed by atoms with van der Waals surface area (Å²) in [5, 5.41) is 14.8. The van der Waals surface area contributed by atoms with Crippen molar-refractivity contribution >= 4 is 39.7 Å². The highest BCUT2D eigenvalue weighted by atomic mass is 35.5. The quantitative estimate of drug-likeness (QED) is 0.450. The number of hydrogen-bond acceptors (Lipinski definition) is 5. The van der Waals surface area contributed by atoms with Crippen molar-refractivity contribution in [3.63, 3.8) is 0 Å². The first kappa shape index (κ1) is 13.3. The smallest absolute Gasteiger partial charge is 0.276 e. The summed E-state index contributed by atoms with van der Waals surface area (Å²) in [6, 6.07) is 11.8. The Bertz CT molecular complexity index is 833. The highest BCUT2D eigenvalue weighted by molar-refractivity contribution is 6.29. The number of nitrogens with one attached hydrogen (secondary N) is 1. The fourth-order valence-corrected chi connectivity index (χ4v) is 2.21. The van der Waals surface area contributed by atoms with E-state index in [1.807, 2.05) is 30.3 Å². The van der Waals surface area contributed by atoms with Crippen LogP contribution in [0.25, 0.3) is 10.9 Å². The van der Waals surface area contributed by atoms with Gasteiger partial charge in [0.05, 0.1) is 22.6 Å². The Balaban J connectivity index is 2.05. The lowest BCUT2D eigenvalue weighted by atomic mass is 10.2. The Morgan fingerprint density at radius 2 is 2.05 bits per heavy atom. The van der Waals surface area contributed by atoms with Crippen molar-refractivity contribution in [3.05, 3.63) is 63.9 Å². The van der Waals surface area contributed by atoms with Gasteiger partial charge in [0, 0.05) is 17.3 Å². The average Bonchev–Trinajstić information content (AvgIpc) is 2.47. The van der Waals surface area contributed by atoms with Gasteiger partial charge in [-0.05, 0) is 24.3 Å². The van der Waals surface area contributed by atoms with Gasteiger partial charge in [-0.2, -0.15) is 0 Å². The van der Waals surface area contributed by atoms with Gasteiger partial charge in [0.2, 0.25) is 0 Å². The molecule has 0 bridgehead atoms. The largest absolute Gasteiger partial charge is 0.339 e. The second-order valence-electron chi connectivity index (χ2n) is 4.29. The number of nitro groups is 1. The molecular weight excluding hydrogens is 292 g/mol. The van der Waals surface area contributed by atoms with Crippen molar-refractivity contribution in [2.75, 3.05) is 5.32 Å². The van der Waals surface area contributed by atoms with Crippen LogP contribution in [0.5, 0.6) is 0 Å². The van der Waals surface area contributed by atoms with Gasteiger partial charge in [0.1, 0.15) is 11.0 Å². The first-order valence-corrected chi connectivity index (χ1v) is 6.44. The fourth-order valence-electron chi connectivity index (χ4n) is 2.00. The molecule has 21 heavy (non-hydrogen) atoms. The van der Waals surface area contributed by atoms with Crippen LogP contribution in [-0.2, 0) is 0 Å². The summed E-state index contributed by atoms with van der Waals surface area (Å²) in [6.45, 7) is 0. The number of aromatic nitrogens is 2. The van der Waals surface area contributed by atoms with Crippen molar-refractivity contribution < 1.29 is 4.92 Å². The van der Waals surface area contributed by atoms with Crippen LogP contribution >= 0.6 is 11.6 Å². The minimum atomic E-state index is -0.511. The van der Waals surface area contributed by atoms with E-state index in [2.05, 4.69) is 15.3 Å². The molecule has 7 heteroatoms. The van der Waals surface area contributed by atoms with Gasteiger partial charge in [-0.3, -0.25) is 15.1 Å². The van der Waals surface area contributed by atoms with E-state index in [0.717, 1.165) is 16.6 Å². The first-order chi connectivity index (χ1) is 10.1. The van der Waals surface area contributed by atoms with Crippen LogP contribution in [0.15, 0.2) is 48.7 Å². The summed E-state index contributed by atoms with van der Waals surface area (Å²) in [6.07, 6.45) is 1.70. The summed E-state index contributed by atoms with van der Waals surface area (Å²) in [5.41, 5.74) is 1.46. The van der Waals surface area contributed by atoms with Crippen molar-refractivity contribution in [1.82, 2.24) is 9.97 Å². The summed E-state index contributed by atoms with van der Waals surface area (Å²) in [5.74, 6) is 0.311. The van der Waals surface area contributed by atoms with Gasteiger partial charge >= 0.3 is 0 Å². The van der Waals surface area contributed by atoms with Gasteiger partial charge in [-0.25, -0.2) is 4.98 Å². The van der Waals surface area contributed by atoms with Crippen LogP contribution < -0.4 is 5.32 Å². The lowest BCUT2D eigenvalue weighted by Gasteiger charge is -2.08. The van der Waals surface area contributed by atoms with Gasteiger partial charge in [-0.1, -0.05) is 17.7 Å². The maximum Gasteiger partial charge on any atom is 0.276 e. The fraction of sp³-hybridized carbons (Fsp3) is 0. The average molecular weight is 301 g/mol. The van der Waals surface area contributed by atoms with Crippen LogP contribution in [0.3, 0.4) is 0 Å². The molecule has 0 radical (unpaired) electrons. The van der Waals surface area contributed by atoms with Crippen LogP contribution in [0, 0.1) is 10.1 Å². The zero-order valence-electron chi connectivity index (χ0n) is 10.7. The number of benzene rings is 1. The molecule has 0 saturated heterocycles. The Labute approximate surface area is 124 Å². The molecular formula is C14H9ClN4O2. The van der Waals surface area contributed by atoms with Crippen molar-refractivity contribution in [2.45, 2.75) is 0 Å². The van der Waals surface area contributed by atoms with Crippen LogP contribution in [0.2, 0.25) is 5.15 Å². The molecule has 0 fully saturated rings. The number of pyridine rings is 2. The summed E-state index contributed by atoms with van der Waals surface area (Å²) in [4.78, 5) is 18.6. The topological polar surface area (TPSA) is 81.0 Å². The zero-order chi connectivity index (χ0) is 14.8. The summed E-state index contributed by atoms with van der Waals surface area (Å²) < 4.78 is 0. The van der Waals surface area contributed by atoms with Crippen molar-refractivity contribution in [3.8, 4) is 0 Å². The number of fused-ring (bicyclic) bond motifs is 1. The van der Waals surface area contributed by atoms with E-state index in [4.69, 9.17) is 11.6 Å². The van der Waals surface area contributed by atoms with E-state index in [0.29, 0.717) is 5.82 Å². The molecule has 2 heterocycles. The van der Waals surface area contributed by atoms with E-state index in [-0.39, 0.29) is 10.8 Å². The van der Waals surface area contributed by atoms with Crippen molar-refractivity contribution in [2.24, 2.45) is 0 Å². The monoisotopic (exact) mass is 300 g/mol. The molecule has 0 spiro atoms. The molecule has 1 aromatic carbocycles. The molecule has 0 aliphatic heterocycles. The van der Waals surface area contributed by atoms with Crippen LogP contribution in [0.1, 0.15) is 0 Å². The number of anilines is 2. The number of nitrogens with zero attached hydrogens (tertiary/aromatic N) is 3. The standard InChI is InChI=1S/C14H9ClN4O2/c15-13-7-9(19(20)21)8-14(18-13)17-12-5-1-4-11-10(12)3-2-6-16-11/h1-8H,(H,17,18). The molecule has 1 N–H and O–H groups in total. The minimum absolute atomic E-state index is 0.0602. The molecule has 0 amide bonds. The lowest BCUT2D eigenvalue weighted by molar-refractivity contribution is -0.384. The minimum Gasteiger partial charge on any atom is -0.339 e. The van der Waals surface area contributed by atoms with Crippen LogP contribution in [0.4, 0.5) is 17.2 Å². The number of halogens is 1. The Kier molecular flexibility index (Phi) is 3.37. The van der Waals surface area contributed by atoms with E-state index >= 15 is 0 Å². The third-order valence-electron chi connectivity index (χ3n) is 2.90. The Morgan fingerprint density at radius 3 is 2.86 bits per heavy atom. The SMILES string of the molecule is O=[N+]([O-])c1cc(Cl)nc(Nc2cccc3ncccc23)c1. The molecule has 3 rings (SSSR count). The predicted octanol–water partition coefficient (Wildman–Crippen LogP) is 3.94. The van der Waals surface area contributed by atoms with Crippen molar-refractivity contribution in [1.29, 1.82) is 0 Å². The zero-order valence-corrected chi connectivity index (χ0v) is 11.4. The van der Waals surface area contributed by atoms with Gasteiger partial charge in [-0.15, -0.1) is 0 Å². The molecule has 0 aliphatic rings. The molecule has 0 aliphatic carbocycles. The highest BCUT2D eigenvalue weighted by Crippen LogP contribution is 2.27. The molecule has 0 unspecified atom stereocenters. The van der Waals surface area contributed by atoms with Crippen LogP contribution in [-0.4, -0.2) is 14.9 Å². The first-order valence-electron chi connectivity index (χ1n) is 6.06. The van der Waals surface area contributed by atoms with Gasteiger partial charge in [0.15, 0.2) is 0 Å². The third-order valence-corrected chi connectivity index (χ3v) is 3.09. The van der Waals surface area contributed by atoms with E-state index in [1.165, 1.54) is 12.1 Å². The highest BCUT2D eigenvalue weighted by Gasteiger charge is 2.11. The molecule has 104 valence electrons. The lowest BCUT2D eigenvalue weighted by Crippen LogP contribution is -1.97. The maximum absolute atomic E-state index is 10.9. The van der Waals surface area contributed by atoms with Gasteiger partial charge in [0.25, 0.3) is 5.69 Å². The molecule has 3 aromatic rings. The van der Waals surface area contributed by atoms with Gasteiger partial charge < -0.3 is 5.32 Å². The number of hydrogen-bond donors (Lipinski definition) is 1. The molecule has 0 saturated carbocycles. The molecule has 2 aromatic heterocycles. The normalized spacial score (nSPS) is 10.5. The second kappa shape index (κ2) is 5.34. The Hall–Kier alpha value is -2.73. The summed E-state index contributed by atoms with van der Waals surface area (Å²) in [7, 11) is 0. The molecule has 6 nitrogen and oxygen atoms in total. The maximum atomic E-state index is 10.9. The predicted molar refractivity (Wildman–Crippen MR) is 80.9 cm³/mol. The second-order valence-corrected chi connectivity index (χ2v) is 4.68. The van der Waals surface area contributed by atoms with E-state index < -0.39 is 4.92 Å². The number of rotatable bonds is 3.